The van der Waals surface area contributed by atoms with Gasteiger partial charge in [-0.25, -0.2) is 9.97 Å². The van der Waals surface area contributed by atoms with Crippen LogP contribution in [-0.4, -0.2) is 15.9 Å². The molecule has 0 aliphatic heterocycles. The Morgan fingerprint density at radius 2 is 2.18 bits per heavy atom. The zero-order valence-electron chi connectivity index (χ0n) is 8.72. The van der Waals surface area contributed by atoms with Gasteiger partial charge in [-0.15, -0.1) is 0 Å². The smallest absolute Gasteiger partial charge is 0.260 e. The van der Waals surface area contributed by atoms with E-state index < -0.39 is 5.91 Å². The van der Waals surface area contributed by atoms with Gasteiger partial charge in [0.05, 0.1) is 17.4 Å². The molecular formula is C11H9ClN4O. The van der Waals surface area contributed by atoms with Crippen molar-refractivity contribution in [3.8, 4) is 0 Å². The van der Waals surface area contributed by atoms with E-state index in [9.17, 15) is 4.79 Å². The van der Waals surface area contributed by atoms with E-state index >= 15 is 0 Å². The summed E-state index contributed by atoms with van der Waals surface area (Å²) in [7, 11) is 0. The largest absolute Gasteiger partial charge is 0.397 e. The molecule has 2 aromatic heterocycles. The van der Waals surface area contributed by atoms with Gasteiger partial charge in [0.2, 0.25) is 0 Å². The summed E-state index contributed by atoms with van der Waals surface area (Å²) in [4.78, 5) is 19.6. The second kappa shape index (κ2) is 4.80. The molecule has 0 radical (unpaired) electrons. The number of aromatic nitrogens is 2. The van der Waals surface area contributed by atoms with Crippen LogP contribution in [0.5, 0.6) is 0 Å². The standard InChI is InChI=1S/C11H9ClN4O/c12-10-8(5-7(13)6-15-10)11(17)16-9-3-1-2-4-14-9/h1-6H,13H2,(H,14,16,17). The number of nitrogens with one attached hydrogen (secondary N) is 1. The van der Waals surface area contributed by atoms with Gasteiger partial charge in [-0.3, -0.25) is 4.79 Å². The molecule has 2 heterocycles. The predicted molar refractivity (Wildman–Crippen MR) is 65.8 cm³/mol. The summed E-state index contributed by atoms with van der Waals surface area (Å²) in [6.07, 6.45) is 2.97. The fraction of sp³-hybridized carbons (Fsp3) is 0. The molecule has 1 amide bonds. The summed E-state index contributed by atoms with van der Waals surface area (Å²) in [6.45, 7) is 0. The van der Waals surface area contributed by atoms with Crippen LogP contribution >= 0.6 is 11.6 Å². The molecule has 5 nitrogen and oxygen atoms in total. The van der Waals surface area contributed by atoms with E-state index in [-0.39, 0.29) is 10.7 Å². The Labute approximate surface area is 103 Å². The maximum absolute atomic E-state index is 11.9. The van der Waals surface area contributed by atoms with Crippen molar-refractivity contribution < 1.29 is 4.79 Å². The van der Waals surface area contributed by atoms with E-state index in [0.29, 0.717) is 11.5 Å². The molecule has 3 N–H and O–H groups in total. The number of amides is 1. The highest BCUT2D eigenvalue weighted by Gasteiger charge is 2.12. The van der Waals surface area contributed by atoms with Gasteiger partial charge in [-0.05, 0) is 18.2 Å². The molecule has 0 bridgehead atoms. The van der Waals surface area contributed by atoms with Gasteiger partial charge in [0.1, 0.15) is 11.0 Å². The lowest BCUT2D eigenvalue weighted by Gasteiger charge is -2.05. The second-order valence-corrected chi connectivity index (χ2v) is 3.63. The lowest BCUT2D eigenvalue weighted by Crippen LogP contribution is -2.14. The predicted octanol–water partition coefficient (Wildman–Crippen LogP) is 1.96. The van der Waals surface area contributed by atoms with E-state index in [4.69, 9.17) is 17.3 Å². The number of carbonyl (C=O) groups is 1. The first-order valence-corrected chi connectivity index (χ1v) is 5.18. The molecule has 0 spiro atoms. The van der Waals surface area contributed by atoms with E-state index in [1.165, 1.54) is 12.3 Å². The van der Waals surface area contributed by atoms with Crippen LogP contribution in [0.4, 0.5) is 11.5 Å². The number of halogens is 1. The zero-order valence-corrected chi connectivity index (χ0v) is 9.48. The lowest BCUT2D eigenvalue weighted by atomic mass is 10.2. The van der Waals surface area contributed by atoms with Crippen molar-refractivity contribution in [2.75, 3.05) is 11.1 Å². The molecule has 0 saturated carbocycles. The third-order valence-corrected chi connectivity index (χ3v) is 2.31. The van der Waals surface area contributed by atoms with Crippen LogP contribution in [0.1, 0.15) is 10.4 Å². The van der Waals surface area contributed by atoms with Crippen molar-refractivity contribution >= 4 is 29.0 Å². The lowest BCUT2D eigenvalue weighted by molar-refractivity contribution is 0.102. The summed E-state index contributed by atoms with van der Waals surface area (Å²) >= 11 is 5.81. The molecule has 0 atom stereocenters. The van der Waals surface area contributed by atoms with Crippen LogP contribution in [0.25, 0.3) is 0 Å². The van der Waals surface area contributed by atoms with Crippen molar-refractivity contribution in [1.29, 1.82) is 0 Å². The molecule has 0 aromatic carbocycles. The highest BCUT2D eigenvalue weighted by atomic mass is 35.5. The Bertz CT molecular complexity index is 544. The number of nitrogens with two attached hydrogens (primary N) is 1. The van der Waals surface area contributed by atoms with Gasteiger partial charge >= 0.3 is 0 Å². The molecular weight excluding hydrogens is 240 g/mol. The Balaban J connectivity index is 2.23. The van der Waals surface area contributed by atoms with Crippen molar-refractivity contribution in [3.05, 3.63) is 47.4 Å². The highest BCUT2D eigenvalue weighted by Crippen LogP contribution is 2.16. The van der Waals surface area contributed by atoms with Crippen molar-refractivity contribution in [3.63, 3.8) is 0 Å². The van der Waals surface area contributed by atoms with Crippen molar-refractivity contribution in [1.82, 2.24) is 9.97 Å². The quantitative estimate of drug-likeness (QED) is 0.796. The molecule has 2 aromatic rings. The molecule has 0 unspecified atom stereocenters. The zero-order chi connectivity index (χ0) is 12.3. The van der Waals surface area contributed by atoms with Crippen LogP contribution in [0, 0.1) is 0 Å². The SMILES string of the molecule is Nc1cnc(Cl)c(C(=O)Nc2ccccn2)c1. The van der Waals surface area contributed by atoms with Gasteiger partial charge in [0.25, 0.3) is 5.91 Å². The average Bonchev–Trinajstić information content (AvgIpc) is 2.33. The second-order valence-electron chi connectivity index (χ2n) is 3.28. The Morgan fingerprint density at radius 1 is 1.35 bits per heavy atom. The molecule has 86 valence electrons. The van der Waals surface area contributed by atoms with Crippen LogP contribution < -0.4 is 11.1 Å². The van der Waals surface area contributed by atoms with Gasteiger partial charge in [-0.2, -0.15) is 0 Å². The summed E-state index contributed by atoms with van der Waals surface area (Å²) in [5.41, 5.74) is 6.14. The average molecular weight is 249 g/mol. The monoisotopic (exact) mass is 248 g/mol. The fourth-order valence-corrected chi connectivity index (χ4v) is 1.43. The molecule has 0 fully saturated rings. The number of carbonyl (C=O) groups excluding carboxylic acids is 1. The summed E-state index contributed by atoms with van der Waals surface area (Å²) < 4.78 is 0. The van der Waals surface area contributed by atoms with Crippen LogP contribution in [0.2, 0.25) is 5.15 Å². The third-order valence-electron chi connectivity index (χ3n) is 2.01. The van der Waals surface area contributed by atoms with Crippen LogP contribution in [0.15, 0.2) is 36.7 Å². The maximum atomic E-state index is 11.9. The van der Waals surface area contributed by atoms with Crippen LogP contribution in [-0.2, 0) is 0 Å². The van der Waals surface area contributed by atoms with Gasteiger partial charge in [0.15, 0.2) is 0 Å². The van der Waals surface area contributed by atoms with Crippen molar-refractivity contribution in [2.45, 2.75) is 0 Å². The van der Waals surface area contributed by atoms with Gasteiger partial charge in [0, 0.05) is 6.20 Å². The third kappa shape index (κ3) is 2.70. The number of hydrogen-bond acceptors (Lipinski definition) is 4. The van der Waals surface area contributed by atoms with E-state index in [1.54, 1.807) is 24.4 Å². The van der Waals surface area contributed by atoms with Crippen LogP contribution in [0.3, 0.4) is 0 Å². The summed E-state index contributed by atoms with van der Waals surface area (Å²) in [6, 6.07) is 6.66. The molecule has 0 aliphatic carbocycles. The Hall–Kier alpha value is -2.14. The summed E-state index contributed by atoms with van der Waals surface area (Å²) in [5.74, 6) is 0.0458. The Morgan fingerprint density at radius 3 is 2.88 bits per heavy atom. The van der Waals surface area contributed by atoms with E-state index in [1.807, 2.05) is 0 Å². The van der Waals surface area contributed by atoms with E-state index in [2.05, 4.69) is 15.3 Å². The first kappa shape index (κ1) is 11.3. The van der Waals surface area contributed by atoms with E-state index in [0.717, 1.165) is 0 Å². The minimum Gasteiger partial charge on any atom is -0.397 e. The molecule has 0 aliphatic rings. The number of anilines is 2. The summed E-state index contributed by atoms with van der Waals surface area (Å²) in [5, 5.41) is 2.70. The topological polar surface area (TPSA) is 80.9 Å². The number of nitrogens with zero attached hydrogens (tertiary/aromatic N) is 2. The molecule has 2 rings (SSSR count). The normalized spacial score (nSPS) is 9.94. The minimum absolute atomic E-state index is 0.104. The molecule has 0 saturated heterocycles. The first-order valence-electron chi connectivity index (χ1n) is 4.80. The number of nitrogen functional groups attached to an aromatic ring is 1. The maximum Gasteiger partial charge on any atom is 0.260 e. The number of pyridine rings is 2. The van der Waals surface area contributed by atoms with Crippen molar-refractivity contribution in [2.24, 2.45) is 0 Å². The highest BCUT2D eigenvalue weighted by molar-refractivity contribution is 6.33. The molecule has 6 heteroatoms. The van der Waals surface area contributed by atoms with Gasteiger partial charge < -0.3 is 11.1 Å². The minimum atomic E-state index is -0.395. The molecule has 17 heavy (non-hydrogen) atoms. The fourth-order valence-electron chi connectivity index (χ4n) is 1.24. The Kier molecular flexibility index (Phi) is 3.20. The number of rotatable bonds is 2. The van der Waals surface area contributed by atoms with Gasteiger partial charge in [-0.1, -0.05) is 17.7 Å². The first-order chi connectivity index (χ1) is 8.16. The number of hydrogen-bond donors (Lipinski definition) is 2.